The number of rotatable bonds is 7. The minimum atomic E-state index is -0.684. The number of nitrogens with one attached hydrogen (secondary N) is 2. The molecule has 0 heterocycles. The standard InChI is InChI=1S/C16H26N2O2/c1-12(2)9-16(3,20)11-18-10-13-5-7-14(8-6-13)15(19)17-4/h5-8,12,18,20H,9-11H2,1-4H3,(H,17,19). The molecule has 0 aliphatic carbocycles. The van der Waals surface area contributed by atoms with Crippen LogP contribution in [0.15, 0.2) is 24.3 Å². The fraction of sp³-hybridized carbons (Fsp3) is 0.562. The zero-order chi connectivity index (χ0) is 15.2. The minimum absolute atomic E-state index is 0.0793. The quantitative estimate of drug-likeness (QED) is 0.714. The zero-order valence-corrected chi connectivity index (χ0v) is 12.9. The molecule has 1 rings (SSSR count). The minimum Gasteiger partial charge on any atom is -0.389 e. The topological polar surface area (TPSA) is 61.4 Å². The van der Waals surface area contributed by atoms with Gasteiger partial charge in [-0.2, -0.15) is 0 Å². The van der Waals surface area contributed by atoms with Crippen molar-refractivity contribution >= 4 is 5.91 Å². The van der Waals surface area contributed by atoms with E-state index in [1.165, 1.54) is 0 Å². The molecule has 0 bridgehead atoms. The maximum atomic E-state index is 11.4. The van der Waals surface area contributed by atoms with Crippen LogP contribution in [0, 0.1) is 5.92 Å². The highest BCUT2D eigenvalue weighted by Crippen LogP contribution is 2.15. The molecular formula is C16H26N2O2. The van der Waals surface area contributed by atoms with Gasteiger partial charge in [0.2, 0.25) is 0 Å². The van der Waals surface area contributed by atoms with Crippen LogP contribution in [0.3, 0.4) is 0 Å². The average Bonchev–Trinajstić information content (AvgIpc) is 2.37. The molecule has 112 valence electrons. The van der Waals surface area contributed by atoms with Gasteiger partial charge < -0.3 is 15.7 Å². The molecule has 0 aromatic heterocycles. The van der Waals surface area contributed by atoms with Crippen molar-refractivity contribution in [2.75, 3.05) is 13.6 Å². The molecule has 20 heavy (non-hydrogen) atoms. The number of carbonyl (C=O) groups excluding carboxylic acids is 1. The van der Waals surface area contributed by atoms with Gasteiger partial charge in [-0.1, -0.05) is 26.0 Å². The third kappa shape index (κ3) is 5.72. The van der Waals surface area contributed by atoms with Crippen LogP contribution in [0.25, 0.3) is 0 Å². The molecule has 0 spiro atoms. The molecule has 0 radical (unpaired) electrons. The maximum absolute atomic E-state index is 11.4. The van der Waals surface area contributed by atoms with Gasteiger partial charge in [-0.25, -0.2) is 0 Å². The third-order valence-corrected chi connectivity index (χ3v) is 3.13. The normalized spacial score (nSPS) is 14.1. The number of hydrogen-bond donors (Lipinski definition) is 3. The van der Waals surface area contributed by atoms with Gasteiger partial charge in [-0.05, 0) is 37.0 Å². The molecule has 1 aromatic rings. The summed E-state index contributed by atoms with van der Waals surface area (Å²) in [5.41, 5.74) is 1.07. The predicted octanol–water partition coefficient (Wildman–Crippen LogP) is 1.93. The first-order valence-electron chi connectivity index (χ1n) is 7.08. The number of aliphatic hydroxyl groups is 1. The summed E-state index contributed by atoms with van der Waals surface area (Å²) < 4.78 is 0. The summed E-state index contributed by atoms with van der Waals surface area (Å²) in [6, 6.07) is 7.47. The summed E-state index contributed by atoms with van der Waals surface area (Å²) in [4.78, 5) is 11.4. The first-order chi connectivity index (χ1) is 9.34. The van der Waals surface area contributed by atoms with E-state index in [9.17, 15) is 9.90 Å². The predicted molar refractivity (Wildman–Crippen MR) is 81.6 cm³/mol. The lowest BCUT2D eigenvalue weighted by Crippen LogP contribution is -2.38. The molecule has 0 saturated carbocycles. The first kappa shape index (κ1) is 16.7. The Hall–Kier alpha value is -1.39. The number of amides is 1. The van der Waals surface area contributed by atoms with Gasteiger partial charge in [-0.15, -0.1) is 0 Å². The number of benzene rings is 1. The first-order valence-corrected chi connectivity index (χ1v) is 7.08. The molecule has 0 aliphatic heterocycles. The molecule has 1 amide bonds. The van der Waals surface area contributed by atoms with E-state index < -0.39 is 5.60 Å². The number of carbonyl (C=O) groups is 1. The van der Waals surface area contributed by atoms with Gasteiger partial charge >= 0.3 is 0 Å². The van der Waals surface area contributed by atoms with E-state index in [1.807, 2.05) is 31.2 Å². The van der Waals surface area contributed by atoms with Crippen molar-refractivity contribution < 1.29 is 9.90 Å². The molecule has 1 aromatic carbocycles. The second-order valence-corrected chi connectivity index (χ2v) is 5.97. The largest absolute Gasteiger partial charge is 0.389 e. The molecule has 3 N–H and O–H groups in total. The summed E-state index contributed by atoms with van der Waals surface area (Å²) in [6.07, 6.45) is 0.773. The van der Waals surface area contributed by atoms with Crippen LogP contribution in [0.2, 0.25) is 0 Å². The van der Waals surface area contributed by atoms with Gasteiger partial charge in [-0.3, -0.25) is 4.79 Å². The Morgan fingerprint density at radius 2 is 1.90 bits per heavy atom. The van der Waals surface area contributed by atoms with Crippen molar-refractivity contribution in [3.63, 3.8) is 0 Å². The average molecular weight is 278 g/mol. The molecule has 1 unspecified atom stereocenters. The van der Waals surface area contributed by atoms with Crippen LogP contribution in [0.5, 0.6) is 0 Å². The Kier molecular flexibility index (Phi) is 6.17. The van der Waals surface area contributed by atoms with Crippen molar-refractivity contribution in [3.05, 3.63) is 35.4 Å². The highest BCUT2D eigenvalue weighted by atomic mass is 16.3. The van der Waals surface area contributed by atoms with Crippen LogP contribution in [-0.4, -0.2) is 30.2 Å². The summed E-state index contributed by atoms with van der Waals surface area (Å²) in [5, 5.41) is 16.1. The van der Waals surface area contributed by atoms with E-state index in [4.69, 9.17) is 0 Å². The van der Waals surface area contributed by atoms with Crippen molar-refractivity contribution in [2.45, 2.75) is 39.3 Å². The Bertz CT molecular complexity index is 425. The Morgan fingerprint density at radius 1 is 1.30 bits per heavy atom. The second kappa shape index (κ2) is 7.41. The summed E-state index contributed by atoms with van der Waals surface area (Å²) in [7, 11) is 1.62. The third-order valence-electron chi connectivity index (χ3n) is 3.13. The van der Waals surface area contributed by atoms with E-state index in [0.29, 0.717) is 24.6 Å². The van der Waals surface area contributed by atoms with Crippen molar-refractivity contribution in [3.8, 4) is 0 Å². The maximum Gasteiger partial charge on any atom is 0.251 e. The lowest BCUT2D eigenvalue weighted by atomic mass is 9.94. The van der Waals surface area contributed by atoms with Crippen molar-refractivity contribution in [1.29, 1.82) is 0 Å². The van der Waals surface area contributed by atoms with Crippen LogP contribution in [0.1, 0.15) is 43.1 Å². The van der Waals surface area contributed by atoms with Crippen LogP contribution >= 0.6 is 0 Å². The van der Waals surface area contributed by atoms with E-state index in [-0.39, 0.29) is 5.91 Å². The molecule has 1 atom stereocenters. The molecule has 0 aliphatic rings. The van der Waals surface area contributed by atoms with Crippen molar-refractivity contribution in [2.24, 2.45) is 5.92 Å². The van der Waals surface area contributed by atoms with E-state index in [2.05, 4.69) is 24.5 Å². The van der Waals surface area contributed by atoms with E-state index in [0.717, 1.165) is 12.0 Å². The van der Waals surface area contributed by atoms with Crippen LogP contribution in [-0.2, 0) is 6.54 Å². The van der Waals surface area contributed by atoms with Crippen LogP contribution in [0.4, 0.5) is 0 Å². The highest BCUT2D eigenvalue weighted by Gasteiger charge is 2.20. The van der Waals surface area contributed by atoms with Gasteiger partial charge in [0.15, 0.2) is 0 Å². The van der Waals surface area contributed by atoms with Gasteiger partial charge in [0, 0.05) is 25.7 Å². The Balaban J connectivity index is 2.44. The van der Waals surface area contributed by atoms with E-state index in [1.54, 1.807) is 7.05 Å². The van der Waals surface area contributed by atoms with Gasteiger partial charge in [0.25, 0.3) is 5.91 Å². The number of hydrogen-bond acceptors (Lipinski definition) is 3. The highest BCUT2D eigenvalue weighted by molar-refractivity contribution is 5.93. The summed E-state index contributed by atoms with van der Waals surface area (Å²) in [6.45, 7) is 7.30. The summed E-state index contributed by atoms with van der Waals surface area (Å²) in [5.74, 6) is 0.392. The SMILES string of the molecule is CNC(=O)c1ccc(CNCC(C)(O)CC(C)C)cc1. The Labute approximate surface area is 121 Å². The second-order valence-electron chi connectivity index (χ2n) is 5.97. The monoisotopic (exact) mass is 278 g/mol. The van der Waals surface area contributed by atoms with Gasteiger partial charge in [0.1, 0.15) is 0 Å². The van der Waals surface area contributed by atoms with Crippen molar-refractivity contribution in [1.82, 2.24) is 10.6 Å². The van der Waals surface area contributed by atoms with Gasteiger partial charge in [0.05, 0.1) is 5.60 Å². The molecular weight excluding hydrogens is 252 g/mol. The lowest BCUT2D eigenvalue weighted by Gasteiger charge is -2.25. The zero-order valence-electron chi connectivity index (χ0n) is 12.9. The molecule has 4 nitrogen and oxygen atoms in total. The smallest absolute Gasteiger partial charge is 0.251 e. The molecule has 0 fully saturated rings. The fourth-order valence-electron chi connectivity index (χ4n) is 2.35. The lowest BCUT2D eigenvalue weighted by molar-refractivity contribution is 0.0383. The fourth-order valence-corrected chi connectivity index (χ4v) is 2.35. The summed E-state index contributed by atoms with van der Waals surface area (Å²) >= 11 is 0. The van der Waals surface area contributed by atoms with E-state index >= 15 is 0 Å². The van der Waals surface area contributed by atoms with Crippen LogP contribution < -0.4 is 10.6 Å². The molecule has 0 saturated heterocycles. The Morgan fingerprint density at radius 3 is 2.40 bits per heavy atom. The molecule has 4 heteroatoms.